The summed E-state index contributed by atoms with van der Waals surface area (Å²) in [6, 6.07) is 6.69. The number of amides is 2. The predicted octanol–water partition coefficient (Wildman–Crippen LogP) is 1.43. The molecular formula is C9H7NO2S2. The molecule has 5 heteroatoms. The third-order valence-corrected chi connectivity index (χ3v) is 2.52. The summed E-state index contributed by atoms with van der Waals surface area (Å²) in [5, 5.41) is 0. The zero-order valence-electron chi connectivity index (χ0n) is 7.04. The van der Waals surface area contributed by atoms with Crippen LogP contribution in [0.3, 0.4) is 0 Å². The highest BCUT2D eigenvalue weighted by Crippen LogP contribution is 2.26. The van der Waals surface area contributed by atoms with Gasteiger partial charge in [0.1, 0.15) is 4.71 Å². The molecule has 1 aliphatic rings. The van der Waals surface area contributed by atoms with E-state index in [1.165, 1.54) is 0 Å². The van der Waals surface area contributed by atoms with Gasteiger partial charge in [0.15, 0.2) is 0 Å². The average Bonchev–Trinajstić information content (AvgIpc) is 2.41. The molecule has 1 aromatic carbocycles. The molecule has 0 aliphatic carbocycles. The third kappa shape index (κ3) is 1.24. The van der Waals surface area contributed by atoms with Gasteiger partial charge >= 0.3 is 0 Å². The van der Waals surface area contributed by atoms with Gasteiger partial charge in [0.25, 0.3) is 11.8 Å². The van der Waals surface area contributed by atoms with Crippen molar-refractivity contribution < 1.29 is 9.59 Å². The first-order valence-corrected chi connectivity index (χ1v) is 4.99. The van der Waals surface area contributed by atoms with Crippen LogP contribution in [0.2, 0.25) is 0 Å². The van der Waals surface area contributed by atoms with Gasteiger partial charge in [0, 0.05) is 0 Å². The topological polar surface area (TPSA) is 37.4 Å². The van der Waals surface area contributed by atoms with E-state index in [4.69, 9.17) is 0 Å². The van der Waals surface area contributed by atoms with E-state index in [1.807, 2.05) is 0 Å². The molecule has 3 nitrogen and oxygen atoms in total. The number of imide groups is 1. The smallest absolute Gasteiger partial charge is 0.263 e. The highest BCUT2D eigenvalue weighted by molar-refractivity contribution is 7.99. The van der Waals surface area contributed by atoms with Crippen LogP contribution in [-0.2, 0) is 0 Å². The van der Waals surface area contributed by atoms with E-state index in [1.54, 1.807) is 24.3 Å². The molecule has 0 saturated carbocycles. The standard InChI is InChI=1S/C9H7NO2S2/c11-7-5-3-1-2-4-6(5)8(12)10(7)9(13)14/h1-4,9,13-14H. The fraction of sp³-hybridized carbons (Fsp3) is 0.111. The Bertz CT molecular complexity index is 382. The molecule has 0 radical (unpaired) electrons. The van der Waals surface area contributed by atoms with Crippen molar-refractivity contribution in [1.82, 2.24) is 4.90 Å². The van der Waals surface area contributed by atoms with Gasteiger partial charge in [-0.2, -0.15) is 0 Å². The number of fused-ring (bicyclic) bond motifs is 1. The van der Waals surface area contributed by atoms with Gasteiger partial charge in [-0.25, -0.2) is 0 Å². The molecule has 0 aromatic heterocycles. The molecule has 1 aromatic rings. The van der Waals surface area contributed by atoms with Crippen LogP contribution < -0.4 is 0 Å². The summed E-state index contributed by atoms with van der Waals surface area (Å²) in [4.78, 5) is 24.3. The summed E-state index contributed by atoms with van der Waals surface area (Å²) < 4.78 is -0.692. The Balaban J connectivity index is 2.54. The summed E-state index contributed by atoms with van der Waals surface area (Å²) in [6.07, 6.45) is 0. The molecule has 0 bridgehead atoms. The number of carbonyl (C=O) groups is 2. The Morgan fingerprint density at radius 1 is 1.00 bits per heavy atom. The average molecular weight is 225 g/mol. The van der Waals surface area contributed by atoms with Crippen molar-refractivity contribution in [2.45, 2.75) is 4.71 Å². The van der Waals surface area contributed by atoms with Gasteiger partial charge in [-0.3, -0.25) is 14.5 Å². The summed E-state index contributed by atoms with van der Waals surface area (Å²) in [5.41, 5.74) is 0.844. The van der Waals surface area contributed by atoms with Crippen molar-refractivity contribution in [2.24, 2.45) is 0 Å². The van der Waals surface area contributed by atoms with Crippen molar-refractivity contribution in [2.75, 3.05) is 0 Å². The molecule has 1 aliphatic heterocycles. The number of carbonyl (C=O) groups excluding carboxylic acids is 2. The van der Waals surface area contributed by atoms with Gasteiger partial charge in [-0.15, -0.1) is 25.3 Å². The third-order valence-electron chi connectivity index (χ3n) is 2.06. The summed E-state index contributed by atoms with van der Waals surface area (Å²) in [7, 11) is 0. The second-order valence-electron chi connectivity index (χ2n) is 2.87. The number of thiol groups is 2. The molecule has 2 rings (SSSR count). The first-order chi connectivity index (χ1) is 6.63. The molecule has 0 atom stereocenters. The van der Waals surface area contributed by atoms with E-state index in [2.05, 4.69) is 25.3 Å². The van der Waals surface area contributed by atoms with E-state index in [0.717, 1.165) is 4.90 Å². The minimum Gasteiger partial charge on any atom is -0.269 e. The Hall–Kier alpha value is -0.940. The molecule has 1 heterocycles. The molecule has 72 valence electrons. The highest BCUT2D eigenvalue weighted by Gasteiger charge is 2.37. The molecule has 0 spiro atoms. The van der Waals surface area contributed by atoms with Crippen molar-refractivity contribution in [1.29, 1.82) is 0 Å². The predicted molar refractivity (Wildman–Crippen MR) is 58.7 cm³/mol. The summed E-state index contributed by atoms with van der Waals surface area (Å²) >= 11 is 7.93. The van der Waals surface area contributed by atoms with Gasteiger partial charge in [-0.1, -0.05) is 12.1 Å². The normalized spacial score (nSPS) is 15.2. The Labute approximate surface area is 91.9 Å². The van der Waals surface area contributed by atoms with Crippen LogP contribution in [0, 0.1) is 0 Å². The second kappa shape index (κ2) is 3.33. The van der Waals surface area contributed by atoms with Crippen LogP contribution in [0.4, 0.5) is 0 Å². The molecule has 0 unspecified atom stereocenters. The van der Waals surface area contributed by atoms with Crippen LogP contribution in [0.25, 0.3) is 0 Å². The first-order valence-electron chi connectivity index (χ1n) is 3.96. The van der Waals surface area contributed by atoms with Gasteiger partial charge < -0.3 is 0 Å². The lowest BCUT2D eigenvalue weighted by Crippen LogP contribution is -2.33. The fourth-order valence-corrected chi connectivity index (χ4v) is 1.84. The molecule has 2 amide bonds. The van der Waals surface area contributed by atoms with Crippen molar-refractivity contribution >= 4 is 37.1 Å². The lowest BCUT2D eigenvalue weighted by molar-refractivity contribution is 0.0673. The Morgan fingerprint density at radius 3 is 1.79 bits per heavy atom. The van der Waals surface area contributed by atoms with Crippen LogP contribution in [0.5, 0.6) is 0 Å². The number of rotatable bonds is 1. The van der Waals surface area contributed by atoms with Crippen molar-refractivity contribution in [3.05, 3.63) is 35.4 Å². The van der Waals surface area contributed by atoms with Crippen LogP contribution in [0.15, 0.2) is 24.3 Å². The number of hydrogen-bond donors (Lipinski definition) is 2. The Kier molecular flexibility index (Phi) is 2.28. The second-order valence-corrected chi connectivity index (χ2v) is 4.26. The zero-order chi connectivity index (χ0) is 10.3. The minimum atomic E-state index is -0.692. The van der Waals surface area contributed by atoms with Crippen LogP contribution in [0.1, 0.15) is 20.7 Å². The largest absolute Gasteiger partial charge is 0.269 e. The van der Waals surface area contributed by atoms with E-state index in [0.29, 0.717) is 11.1 Å². The number of benzene rings is 1. The maximum Gasteiger partial charge on any atom is 0.263 e. The van der Waals surface area contributed by atoms with E-state index >= 15 is 0 Å². The molecule has 0 saturated heterocycles. The maximum absolute atomic E-state index is 11.7. The molecular weight excluding hydrogens is 218 g/mol. The minimum absolute atomic E-state index is 0.333. The zero-order valence-corrected chi connectivity index (χ0v) is 8.83. The molecule has 0 fully saturated rings. The number of nitrogens with zero attached hydrogens (tertiary/aromatic N) is 1. The van der Waals surface area contributed by atoms with Crippen molar-refractivity contribution in [3.63, 3.8) is 0 Å². The van der Waals surface area contributed by atoms with E-state index in [-0.39, 0.29) is 11.8 Å². The van der Waals surface area contributed by atoms with Gasteiger partial charge in [-0.05, 0) is 12.1 Å². The monoisotopic (exact) mass is 225 g/mol. The number of hydrogen-bond acceptors (Lipinski definition) is 4. The SMILES string of the molecule is O=C1c2ccccc2C(=O)N1C(S)S. The van der Waals surface area contributed by atoms with Crippen LogP contribution >= 0.6 is 25.3 Å². The molecule has 14 heavy (non-hydrogen) atoms. The highest BCUT2D eigenvalue weighted by atomic mass is 32.2. The summed E-state index contributed by atoms with van der Waals surface area (Å²) in [5.74, 6) is -0.666. The summed E-state index contributed by atoms with van der Waals surface area (Å²) in [6.45, 7) is 0. The van der Waals surface area contributed by atoms with E-state index in [9.17, 15) is 9.59 Å². The Morgan fingerprint density at radius 2 is 1.43 bits per heavy atom. The lowest BCUT2D eigenvalue weighted by Gasteiger charge is -2.15. The van der Waals surface area contributed by atoms with Gasteiger partial charge in [0.2, 0.25) is 0 Å². The van der Waals surface area contributed by atoms with Crippen LogP contribution in [-0.4, -0.2) is 21.4 Å². The lowest BCUT2D eigenvalue weighted by atomic mass is 10.1. The maximum atomic E-state index is 11.7. The van der Waals surface area contributed by atoms with Crippen molar-refractivity contribution in [3.8, 4) is 0 Å². The molecule has 0 N–H and O–H groups in total. The van der Waals surface area contributed by atoms with E-state index < -0.39 is 4.71 Å². The quantitative estimate of drug-likeness (QED) is 0.431. The van der Waals surface area contributed by atoms with Gasteiger partial charge in [0.05, 0.1) is 11.1 Å². The first kappa shape index (κ1) is 9.61. The fourth-order valence-electron chi connectivity index (χ4n) is 1.42.